The van der Waals surface area contributed by atoms with Crippen molar-refractivity contribution in [2.45, 2.75) is 26.2 Å². The fourth-order valence-corrected chi connectivity index (χ4v) is 5.42. The van der Waals surface area contributed by atoms with E-state index in [1.807, 2.05) is 61.7 Å². The lowest BCUT2D eigenvalue weighted by atomic mass is 9.70. The van der Waals surface area contributed by atoms with Crippen LogP contribution in [0.5, 0.6) is 5.75 Å². The summed E-state index contributed by atoms with van der Waals surface area (Å²) in [4.78, 5) is 40.1. The number of ether oxygens (including phenoxy) is 3. The van der Waals surface area contributed by atoms with Crippen LogP contribution in [0.3, 0.4) is 0 Å². The van der Waals surface area contributed by atoms with Gasteiger partial charge in [0.2, 0.25) is 0 Å². The fourth-order valence-electron chi connectivity index (χ4n) is 4.58. The van der Waals surface area contributed by atoms with Crippen LogP contribution < -0.4 is 10.1 Å². The van der Waals surface area contributed by atoms with E-state index in [1.165, 1.54) is 18.4 Å². The molecule has 0 amide bonds. The molecule has 34 heavy (non-hydrogen) atoms. The quantitative estimate of drug-likeness (QED) is 0.363. The zero-order valence-corrected chi connectivity index (χ0v) is 20.1. The number of thiophene rings is 1. The maximum absolute atomic E-state index is 13.6. The first-order chi connectivity index (χ1) is 16.4. The number of rotatable bonds is 7. The van der Waals surface area contributed by atoms with Crippen molar-refractivity contribution in [3.05, 3.63) is 75.3 Å². The molecule has 4 rings (SSSR count). The van der Waals surface area contributed by atoms with Crippen LogP contribution in [0.2, 0.25) is 0 Å². The summed E-state index contributed by atoms with van der Waals surface area (Å²) in [7, 11) is 1.28. The molecule has 3 atom stereocenters. The molecule has 1 N–H and O–H groups in total. The third-order valence-electron chi connectivity index (χ3n) is 6.12. The van der Waals surface area contributed by atoms with Gasteiger partial charge in [-0.05, 0) is 42.8 Å². The van der Waals surface area contributed by atoms with Crippen molar-refractivity contribution in [1.82, 2.24) is 5.32 Å². The highest BCUT2D eigenvalue weighted by Gasteiger charge is 2.47. The summed E-state index contributed by atoms with van der Waals surface area (Å²) >= 11 is 1.46. The van der Waals surface area contributed by atoms with E-state index < -0.39 is 23.8 Å². The summed E-state index contributed by atoms with van der Waals surface area (Å²) < 4.78 is 16.1. The van der Waals surface area contributed by atoms with Gasteiger partial charge in [0.05, 0.1) is 18.6 Å². The Morgan fingerprint density at radius 3 is 2.56 bits per heavy atom. The van der Waals surface area contributed by atoms with Gasteiger partial charge in [-0.25, -0.2) is 4.79 Å². The smallest absolute Gasteiger partial charge is 0.336 e. The molecule has 178 valence electrons. The van der Waals surface area contributed by atoms with Crippen LogP contribution in [0.15, 0.2) is 70.4 Å². The molecule has 0 radical (unpaired) electrons. The first kappa shape index (κ1) is 23.8. The first-order valence-corrected chi connectivity index (χ1v) is 12.0. The van der Waals surface area contributed by atoms with Crippen LogP contribution in [-0.4, -0.2) is 38.0 Å². The van der Waals surface area contributed by atoms with E-state index in [9.17, 15) is 14.4 Å². The molecule has 8 heteroatoms. The van der Waals surface area contributed by atoms with Gasteiger partial charge >= 0.3 is 11.9 Å². The number of carbonyl (C=O) groups is 3. The lowest BCUT2D eigenvalue weighted by molar-refractivity contribution is -0.151. The minimum Gasteiger partial charge on any atom is -0.490 e. The third kappa shape index (κ3) is 4.63. The van der Waals surface area contributed by atoms with Gasteiger partial charge < -0.3 is 19.5 Å². The molecule has 2 heterocycles. The van der Waals surface area contributed by atoms with Crippen molar-refractivity contribution in [2.75, 3.05) is 20.3 Å². The first-order valence-electron chi connectivity index (χ1n) is 11.1. The summed E-state index contributed by atoms with van der Waals surface area (Å²) in [6.45, 7) is 3.93. The Kier molecular flexibility index (Phi) is 7.17. The average molecular weight is 482 g/mol. The second-order valence-corrected chi connectivity index (χ2v) is 9.33. The Hall–Kier alpha value is -3.39. The van der Waals surface area contributed by atoms with E-state index in [0.29, 0.717) is 29.0 Å². The molecule has 0 bridgehead atoms. The van der Waals surface area contributed by atoms with Gasteiger partial charge in [-0.15, -0.1) is 11.3 Å². The second-order valence-electron chi connectivity index (χ2n) is 8.35. The average Bonchev–Trinajstić information content (AvgIpc) is 3.36. The van der Waals surface area contributed by atoms with Crippen molar-refractivity contribution in [3.8, 4) is 5.75 Å². The Morgan fingerprint density at radius 2 is 1.88 bits per heavy atom. The minimum atomic E-state index is -0.900. The van der Waals surface area contributed by atoms with Gasteiger partial charge in [-0.3, -0.25) is 9.59 Å². The fraction of sp³-hybridized carbons (Fsp3) is 0.346. The summed E-state index contributed by atoms with van der Waals surface area (Å²) in [6.07, 6.45) is 0.507. The number of dihydropyridines is 1. The van der Waals surface area contributed by atoms with Gasteiger partial charge in [0, 0.05) is 21.8 Å². The zero-order valence-electron chi connectivity index (χ0n) is 19.3. The lowest BCUT2D eigenvalue weighted by Gasteiger charge is -2.37. The summed E-state index contributed by atoms with van der Waals surface area (Å²) in [5, 5.41) is 5.15. The van der Waals surface area contributed by atoms with Crippen molar-refractivity contribution < 1.29 is 28.6 Å². The number of methoxy groups -OCH3 is 1. The van der Waals surface area contributed by atoms with Gasteiger partial charge in [0.25, 0.3) is 0 Å². The van der Waals surface area contributed by atoms with Crippen LogP contribution in [-0.2, 0) is 23.9 Å². The van der Waals surface area contributed by atoms with Crippen LogP contribution in [0.1, 0.15) is 31.1 Å². The van der Waals surface area contributed by atoms with Gasteiger partial charge in [-0.1, -0.05) is 31.2 Å². The normalized spacial score (nSPS) is 22.1. The van der Waals surface area contributed by atoms with Crippen molar-refractivity contribution in [2.24, 2.45) is 11.8 Å². The molecule has 0 fully saturated rings. The molecule has 2 aliphatic rings. The Morgan fingerprint density at radius 1 is 1.12 bits per heavy atom. The molecular weight excluding hydrogens is 454 g/mol. The number of esters is 2. The van der Waals surface area contributed by atoms with Gasteiger partial charge in [0.15, 0.2) is 5.78 Å². The highest BCUT2D eigenvalue weighted by Crippen LogP contribution is 2.46. The van der Waals surface area contributed by atoms with Crippen LogP contribution in [0.4, 0.5) is 0 Å². The highest BCUT2D eigenvalue weighted by molar-refractivity contribution is 7.10. The van der Waals surface area contributed by atoms with Gasteiger partial charge in [-0.2, -0.15) is 0 Å². The SMILES string of the molecule is COC(=O)[C@@H]1C(=O)C2=C(C[C@H]1C)NC(C)=C(C(=O)OCCOc1ccccc1)[C@@H]2c1cccs1. The van der Waals surface area contributed by atoms with Crippen LogP contribution in [0, 0.1) is 11.8 Å². The maximum atomic E-state index is 13.6. The molecule has 0 saturated heterocycles. The number of benzene rings is 1. The predicted molar refractivity (Wildman–Crippen MR) is 127 cm³/mol. The summed E-state index contributed by atoms with van der Waals surface area (Å²) in [5.41, 5.74) is 2.20. The summed E-state index contributed by atoms with van der Waals surface area (Å²) in [5.74, 6) is -2.41. The molecule has 1 aliphatic carbocycles. The molecule has 7 nitrogen and oxygen atoms in total. The van der Waals surface area contributed by atoms with Gasteiger partial charge in [0.1, 0.15) is 24.9 Å². The predicted octanol–water partition coefficient (Wildman–Crippen LogP) is 3.98. The third-order valence-corrected chi connectivity index (χ3v) is 7.06. The topological polar surface area (TPSA) is 90.9 Å². The molecule has 0 spiro atoms. The number of hydrogen-bond donors (Lipinski definition) is 1. The van der Waals surface area contributed by atoms with E-state index in [0.717, 1.165) is 10.6 Å². The van der Waals surface area contributed by atoms with E-state index >= 15 is 0 Å². The van der Waals surface area contributed by atoms with Crippen LogP contribution >= 0.6 is 11.3 Å². The van der Waals surface area contributed by atoms with E-state index in [4.69, 9.17) is 14.2 Å². The van der Waals surface area contributed by atoms with Crippen molar-refractivity contribution in [1.29, 1.82) is 0 Å². The number of carbonyl (C=O) groups excluding carboxylic acids is 3. The van der Waals surface area contributed by atoms with E-state index in [2.05, 4.69) is 5.32 Å². The zero-order chi connectivity index (χ0) is 24.2. The Labute approximate surface area is 202 Å². The molecule has 0 saturated carbocycles. The number of nitrogens with one attached hydrogen (secondary N) is 1. The number of allylic oxidation sites excluding steroid dienone is 3. The van der Waals surface area contributed by atoms with Crippen molar-refractivity contribution in [3.63, 3.8) is 0 Å². The molecule has 1 aliphatic heterocycles. The van der Waals surface area contributed by atoms with Crippen molar-refractivity contribution >= 4 is 29.1 Å². The highest BCUT2D eigenvalue weighted by atomic mass is 32.1. The molecule has 2 aromatic rings. The monoisotopic (exact) mass is 481 g/mol. The standard InChI is InChI=1S/C26H27NO6S/c1-15-14-18-22(24(28)20(15)25(29)31-3)23(19-10-7-13-34-19)21(16(2)27-18)26(30)33-12-11-32-17-8-5-4-6-9-17/h4-10,13,15,20,23,27H,11-12,14H2,1-3H3/t15-,20+,23+/m1/s1. The number of hydrogen-bond acceptors (Lipinski definition) is 8. The number of Topliss-reactive ketones (excluding diaryl/α,β-unsaturated/α-hetero) is 1. The van der Waals surface area contributed by atoms with E-state index in [-0.39, 0.29) is 24.9 Å². The number of para-hydroxylation sites is 1. The molecule has 0 unspecified atom stereocenters. The summed E-state index contributed by atoms with van der Waals surface area (Å²) in [6, 6.07) is 13.0. The number of ketones is 1. The second kappa shape index (κ2) is 10.3. The maximum Gasteiger partial charge on any atom is 0.336 e. The minimum absolute atomic E-state index is 0.0589. The largest absolute Gasteiger partial charge is 0.490 e. The molecule has 1 aromatic carbocycles. The van der Waals surface area contributed by atoms with E-state index in [1.54, 1.807) is 0 Å². The Balaban J connectivity index is 1.59. The Bertz CT molecular complexity index is 1140. The molecule has 1 aromatic heterocycles. The molecular formula is C26H27NO6S. The van der Waals surface area contributed by atoms with Crippen LogP contribution in [0.25, 0.3) is 0 Å². The lowest BCUT2D eigenvalue weighted by Crippen LogP contribution is -2.43.